The van der Waals surface area contributed by atoms with E-state index in [2.05, 4.69) is 88.1 Å². The Bertz CT molecular complexity index is 849. The van der Waals surface area contributed by atoms with Crippen LogP contribution in [-0.4, -0.2) is 5.84 Å². The molecule has 2 aromatic rings. The van der Waals surface area contributed by atoms with Crippen LogP contribution in [0.1, 0.15) is 44.7 Å². The first-order valence-electron chi connectivity index (χ1n) is 9.35. The average molecular weight is 359 g/mol. The van der Waals surface area contributed by atoms with Gasteiger partial charge in [-0.1, -0.05) is 72.3 Å². The van der Waals surface area contributed by atoms with Crippen molar-refractivity contribution < 1.29 is 0 Å². The molecule has 2 rings (SSSR count). The summed E-state index contributed by atoms with van der Waals surface area (Å²) in [4.78, 5) is 4.94. The third-order valence-electron chi connectivity index (χ3n) is 4.26. The SMILES string of the molecule is C=C(C)NC(=Nc1ccc(C)cc1)C(=C(C)C)C(/C=C\C)c1ccccc1. The van der Waals surface area contributed by atoms with Crippen LogP contribution >= 0.6 is 0 Å². The van der Waals surface area contributed by atoms with Gasteiger partial charge in [-0.25, -0.2) is 4.99 Å². The number of rotatable bonds is 6. The maximum atomic E-state index is 4.94. The highest BCUT2D eigenvalue weighted by Crippen LogP contribution is 2.30. The predicted molar refractivity (Wildman–Crippen MR) is 119 cm³/mol. The van der Waals surface area contributed by atoms with E-state index in [0.29, 0.717) is 0 Å². The Morgan fingerprint density at radius 1 is 1.00 bits per heavy atom. The number of amidine groups is 1. The fourth-order valence-corrected chi connectivity index (χ4v) is 3.03. The number of aliphatic imine (C=N–C) groups is 1. The van der Waals surface area contributed by atoms with Crippen molar-refractivity contribution in [2.75, 3.05) is 0 Å². The van der Waals surface area contributed by atoms with Crippen molar-refractivity contribution in [2.24, 2.45) is 4.99 Å². The van der Waals surface area contributed by atoms with E-state index in [9.17, 15) is 0 Å². The molecule has 0 aliphatic rings. The lowest BCUT2D eigenvalue weighted by Gasteiger charge is -2.23. The fourth-order valence-electron chi connectivity index (χ4n) is 3.03. The van der Waals surface area contributed by atoms with Gasteiger partial charge in [0.15, 0.2) is 0 Å². The molecule has 0 heterocycles. The van der Waals surface area contributed by atoms with Crippen molar-refractivity contribution in [1.82, 2.24) is 5.32 Å². The monoisotopic (exact) mass is 358 g/mol. The lowest BCUT2D eigenvalue weighted by molar-refractivity contribution is 0.979. The Balaban J connectivity index is 2.61. The highest BCUT2D eigenvalue weighted by atomic mass is 15.0. The predicted octanol–water partition coefficient (Wildman–Crippen LogP) is 6.84. The Labute approximate surface area is 164 Å². The third-order valence-corrected chi connectivity index (χ3v) is 4.26. The molecule has 2 heteroatoms. The molecule has 0 aliphatic carbocycles. The summed E-state index contributed by atoms with van der Waals surface area (Å²) in [5.41, 5.74) is 6.65. The molecule has 27 heavy (non-hydrogen) atoms. The molecule has 0 spiro atoms. The minimum atomic E-state index is 0.122. The first-order valence-corrected chi connectivity index (χ1v) is 9.35. The van der Waals surface area contributed by atoms with Gasteiger partial charge in [0.2, 0.25) is 0 Å². The number of allylic oxidation sites excluding steroid dienone is 4. The fraction of sp³-hybridized carbons (Fsp3) is 0.240. The number of hydrogen-bond acceptors (Lipinski definition) is 1. The molecule has 0 saturated heterocycles. The van der Waals surface area contributed by atoms with Crippen LogP contribution in [0, 0.1) is 6.92 Å². The number of hydrogen-bond donors (Lipinski definition) is 1. The van der Waals surface area contributed by atoms with E-state index in [-0.39, 0.29) is 5.92 Å². The van der Waals surface area contributed by atoms with Gasteiger partial charge in [0.25, 0.3) is 0 Å². The second kappa shape index (κ2) is 9.72. The molecule has 1 atom stereocenters. The zero-order valence-electron chi connectivity index (χ0n) is 17.1. The minimum absolute atomic E-state index is 0.122. The molecule has 0 aromatic heterocycles. The lowest BCUT2D eigenvalue weighted by atomic mass is 9.87. The van der Waals surface area contributed by atoms with Gasteiger partial charge in [-0.05, 0) is 52.3 Å². The Morgan fingerprint density at radius 2 is 1.63 bits per heavy atom. The quantitative estimate of drug-likeness (QED) is 0.341. The van der Waals surface area contributed by atoms with E-state index < -0.39 is 0 Å². The van der Waals surface area contributed by atoms with Gasteiger partial charge < -0.3 is 5.32 Å². The van der Waals surface area contributed by atoms with E-state index in [0.717, 1.165) is 17.2 Å². The largest absolute Gasteiger partial charge is 0.344 e. The molecular weight excluding hydrogens is 328 g/mol. The molecule has 2 nitrogen and oxygen atoms in total. The zero-order valence-corrected chi connectivity index (χ0v) is 17.1. The van der Waals surface area contributed by atoms with Crippen molar-refractivity contribution >= 4 is 11.5 Å². The number of benzene rings is 2. The van der Waals surface area contributed by atoms with E-state index in [1.165, 1.54) is 22.3 Å². The highest BCUT2D eigenvalue weighted by Gasteiger charge is 2.20. The Hall–Kier alpha value is -2.87. The molecule has 0 aliphatic heterocycles. The van der Waals surface area contributed by atoms with Crippen LogP contribution in [0.5, 0.6) is 0 Å². The molecule has 0 bridgehead atoms. The first-order chi connectivity index (χ1) is 12.9. The molecule has 140 valence electrons. The Morgan fingerprint density at radius 3 is 2.15 bits per heavy atom. The molecule has 0 amide bonds. The summed E-state index contributed by atoms with van der Waals surface area (Å²) in [7, 11) is 0. The summed E-state index contributed by atoms with van der Waals surface area (Å²) in [5.74, 6) is 0.968. The minimum Gasteiger partial charge on any atom is -0.344 e. The molecule has 1 N–H and O–H groups in total. The van der Waals surface area contributed by atoms with Crippen LogP contribution in [0.25, 0.3) is 0 Å². The van der Waals surface area contributed by atoms with Crippen LogP contribution in [0.2, 0.25) is 0 Å². The molecule has 1 unspecified atom stereocenters. The normalized spacial score (nSPS) is 12.7. The zero-order chi connectivity index (χ0) is 19.8. The maximum absolute atomic E-state index is 4.94. The van der Waals surface area contributed by atoms with Crippen LogP contribution in [0.4, 0.5) is 5.69 Å². The molecule has 0 fully saturated rings. The van der Waals surface area contributed by atoms with Gasteiger partial charge in [-0.15, -0.1) is 0 Å². The van der Waals surface area contributed by atoms with E-state index in [1.807, 2.05) is 25.1 Å². The summed E-state index contributed by atoms with van der Waals surface area (Å²) < 4.78 is 0. The average Bonchev–Trinajstić information content (AvgIpc) is 2.63. The number of nitrogens with one attached hydrogen (secondary N) is 1. The maximum Gasteiger partial charge on any atom is 0.134 e. The van der Waals surface area contributed by atoms with Crippen LogP contribution in [0.3, 0.4) is 0 Å². The summed E-state index contributed by atoms with van der Waals surface area (Å²) in [6.45, 7) is 14.4. The van der Waals surface area contributed by atoms with Gasteiger partial charge in [0, 0.05) is 17.2 Å². The van der Waals surface area contributed by atoms with E-state index in [1.54, 1.807) is 0 Å². The summed E-state index contributed by atoms with van der Waals surface area (Å²) in [6.07, 6.45) is 4.33. The molecule has 0 radical (unpaired) electrons. The van der Waals surface area contributed by atoms with E-state index >= 15 is 0 Å². The lowest BCUT2D eigenvalue weighted by Crippen LogP contribution is -2.26. The van der Waals surface area contributed by atoms with Gasteiger partial charge in [0.05, 0.1) is 5.69 Å². The van der Waals surface area contributed by atoms with Crippen LogP contribution < -0.4 is 5.32 Å². The van der Waals surface area contributed by atoms with Crippen molar-refractivity contribution in [1.29, 1.82) is 0 Å². The van der Waals surface area contributed by atoms with E-state index in [4.69, 9.17) is 4.99 Å². The molecule has 0 saturated carbocycles. The van der Waals surface area contributed by atoms with Crippen molar-refractivity contribution in [3.63, 3.8) is 0 Å². The van der Waals surface area contributed by atoms with Crippen molar-refractivity contribution in [3.8, 4) is 0 Å². The highest BCUT2D eigenvalue weighted by molar-refractivity contribution is 6.03. The van der Waals surface area contributed by atoms with Crippen molar-refractivity contribution in [2.45, 2.75) is 40.5 Å². The second-order valence-electron chi connectivity index (χ2n) is 7.03. The second-order valence-corrected chi connectivity index (χ2v) is 7.03. The molecular formula is C25H30N2. The summed E-state index contributed by atoms with van der Waals surface area (Å²) in [5, 5.41) is 3.40. The summed E-state index contributed by atoms with van der Waals surface area (Å²) >= 11 is 0. The standard InChI is InChI=1S/C25H30N2/c1-7-11-23(21-12-9-8-10-13-21)24(18(2)3)25(26-19(4)5)27-22-16-14-20(6)15-17-22/h7-17,23H,4H2,1-3,5-6H3,(H,26,27)/b11-7-. The van der Waals surface area contributed by atoms with Gasteiger partial charge in [0.1, 0.15) is 5.84 Å². The Kier molecular flexibility index (Phi) is 7.36. The van der Waals surface area contributed by atoms with Gasteiger partial charge >= 0.3 is 0 Å². The third kappa shape index (κ3) is 5.82. The smallest absolute Gasteiger partial charge is 0.134 e. The van der Waals surface area contributed by atoms with Crippen molar-refractivity contribution in [3.05, 3.63) is 101 Å². The van der Waals surface area contributed by atoms with Crippen LogP contribution in [0.15, 0.2) is 95.2 Å². The number of aryl methyl sites for hydroxylation is 1. The van der Waals surface area contributed by atoms with Gasteiger partial charge in [-0.2, -0.15) is 0 Å². The first kappa shape index (κ1) is 20.4. The molecule has 2 aromatic carbocycles. The topological polar surface area (TPSA) is 24.4 Å². The number of nitrogens with zero attached hydrogens (tertiary/aromatic N) is 1. The summed E-state index contributed by atoms with van der Waals surface area (Å²) in [6, 6.07) is 18.8. The van der Waals surface area contributed by atoms with Crippen LogP contribution in [-0.2, 0) is 0 Å². The van der Waals surface area contributed by atoms with Gasteiger partial charge in [-0.3, -0.25) is 0 Å².